The van der Waals surface area contributed by atoms with E-state index in [0.717, 1.165) is 12.8 Å². The first kappa shape index (κ1) is 23.1. The number of nitrogens with two attached hydrogens (primary N) is 1. The molecule has 0 spiro atoms. The third-order valence-electron chi connectivity index (χ3n) is 6.13. The zero-order valence-electron chi connectivity index (χ0n) is 19.5. The lowest BCUT2D eigenvalue weighted by molar-refractivity contribution is -0.126. The number of fused-ring (bicyclic) bond motifs is 1. The maximum atomic E-state index is 14.0. The molecule has 0 aliphatic carbocycles. The lowest BCUT2D eigenvalue weighted by Crippen LogP contribution is -2.38. The van der Waals surface area contributed by atoms with Gasteiger partial charge in [-0.3, -0.25) is 9.59 Å². The number of carbonyl (C=O) groups is 1. The van der Waals surface area contributed by atoms with Gasteiger partial charge in [0.1, 0.15) is 11.3 Å². The number of hydrogen-bond acceptors (Lipinski definition) is 6. The number of benzene rings is 2. The van der Waals surface area contributed by atoms with Crippen LogP contribution in [0.4, 0.5) is 10.2 Å². The van der Waals surface area contributed by atoms with Crippen LogP contribution in [0.2, 0.25) is 0 Å². The van der Waals surface area contributed by atoms with Gasteiger partial charge in [0.2, 0.25) is 0 Å². The minimum atomic E-state index is -0.465. The number of nitrogens with zero attached hydrogens (tertiary/aromatic N) is 4. The molecule has 1 aliphatic rings. The van der Waals surface area contributed by atoms with Gasteiger partial charge in [-0.05, 0) is 62.1 Å². The summed E-state index contributed by atoms with van der Waals surface area (Å²) in [6.45, 7) is 2.62. The van der Waals surface area contributed by atoms with Crippen molar-refractivity contribution in [2.75, 3.05) is 18.8 Å². The van der Waals surface area contributed by atoms with Crippen LogP contribution < -0.4 is 16.0 Å². The Morgan fingerprint density at radius 3 is 2.75 bits per heavy atom. The van der Waals surface area contributed by atoms with E-state index in [9.17, 15) is 14.0 Å². The summed E-state index contributed by atoms with van der Waals surface area (Å²) in [5.74, 6) is 5.01. The summed E-state index contributed by atoms with van der Waals surface area (Å²) in [5, 5.41) is 11.5. The summed E-state index contributed by atoms with van der Waals surface area (Å²) in [6.07, 6.45) is 1.52. The van der Waals surface area contributed by atoms with E-state index in [1.807, 2.05) is 0 Å². The number of para-hydroxylation sites is 1. The number of piperidine rings is 1. The Hall–Kier alpha value is -4.65. The largest absolute Gasteiger partial charge is 0.454 e. The van der Waals surface area contributed by atoms with E-state index in [0.29, 0.717) is 41.1 Å². The summed E-state index contributed by atoms with van der Waals surface area (Å²) in [7, 11) is 0. The van der Waals surface area contributed by atoms with Crippen molar-refractivity contribution in [1.29, 1.82) is 0 Å². The van der Waals surface area contributed by atoms with Gasteiger partial charge < -0.3 is 15.4 Å². The monoisotopic (exact) mass is 486 g/mol. The van der Waals surface area contributed by atoms with E-state index in [4.69, 9.17) is 15.6 Å². The van der Waals surface area contributed by atoms with E-state index in [2.05, 4.69) is 22.0 Å². The van der Waals surface area contributed by atoms with E-state index in [1.54, 1.807) is 59.0 Å². The third-order valence-corrected chi connectivity index (χ3v) is 6.13. The highest BCUT2D eigenvalue weighted by Gasteiger charge is 2.30. The van der Waals surface area contributed by atoms with Crippen molar-refractivity contribution < 1.29 is 13.9 Å². The van der Waals surface area contributed by atoms with Crippen molar-refractivity contribution in [2.45, 2.75) is 25.7 Å². The van der Waals surface area contributed by atoms with Crippen LogP contribution in [-0.4, -0.2) is 43.9 Å². The van der Waals surface area contributed by atoms with Crippen LogP contribution in [0.15, 0.2) is 53.3 Å². The number of carbonyl (C=O) groups excluding carboxylic acids is 1. The first-order chi connectivity index (χ1) is 17.5. The number of aromatic amines is 1. The number of H-pyrrole nitrogens is 1. The van der Waals surface area contributed by atoms with Crippen LogP contribution >= 0.6 is 0 Å². The molecule has 2 aromatic carbocycles. The number of likely N-dealkylation sites (tertiary alicyclic amines) is 1. The molecule has 1 saturated heterocycles. The van der Waals surface area contributed by atoms with Crippen LogP contribution in [0.3, 0.4) is 0 Å². The molecule has 4 aromatic rings. The average molecular weight is 487 g/mol. The van der Waals surface area contributed by atoms with Crippen LogP contribution in [0.1, 0.15) is 31.4 Å². The van der Waals surface area contributed by atoms with Crippen molar-refractivity contribution in [3.63, 3.8) is 0 Å². The summed E-state index contributed by atoms with van der Waals surface area (Å²) in [5.41, 5.74) is 7.32. The molecule has 1 fully saturated rings. The highest BCUT2D eigenvalue weighted by atomic mass is 19.1. The zero-order valence-corrected chi connectivity index (χ0v) is 19.5. The van der Waals surface area contributed by atoms with Gasteiger partial charge in [0.25, 0.3) is 11.5 Å². The Bertz CT molecular complexity index is 1560. The number of halogens is 1. The molecule has 5 rings (SSSR count). The van der Waals surface area contributed by atoms with Crippen molar-refractivity contribution >= 4 is 22.6 Å². The number of nitrogen functional groups attached to an aromatic ring is 1. The summed E-state index contributed by atoms with van der Waals surface area (Å²) < 4.78 is 21.2. The predicted octanol–water partition coefficient (Wildman–Crippen LogP) is 3.35. The minimum absolute atomic E-state index is 0.112. The maximum Gasteiger partial charge on any atom is 0.298 e. The van der Waals surface area contributed by atoms with Crippen LogP contribution in [0.25, 0.3) is 16.6 Å². The molecule has 1 amide bonds. The standard InChI is InChI=1S/C26H23FN6O3/c1-2-6-21(34)32-14-5-7-16(15-32)23-22-24(25(28)29-30-26(22)35)33(31-23)17-10-12-18(13-11-17)36-20-9-4-3-8-19(20)27/h3-4,8-13,16H,5,7,14-15H2,1H3,(H2,28,29)(H,30,35)/t16-/m1/s1. The number of hydrogen-bond donors (Lipinski definition) is 2. The first-order valence-corrected chi connectivity index (χ1v) is 11.5. The molecule has 9 nitrogen and oxygen atoms in total. The molecule has 0 saturated carbocycles. The summed E-state index contributed by atoms with van der Waals surface area (Å²) >= 11 is 0. The number of ether oxygens (including phenoxy) is 1. The zero-order chi connectivity index (χ0) is 25.2. The molecule has 3 heterocycles. The van der Waals surface area contributed by atoms with Gasteiger partial charge in [-0.15, -0.1) is 0 Å². The number of anilines is 1. The Morgan fingerprint density at radius 1 is 1.22 bits per heavy atom. The van der Waals surface area contributed by atoms with Crippen molar-refractivity contribution in [1.82, 2.24) is 24.9 Å². The quantitative estimate of drug-likeness (QED) is 0.427. The van der Waals surface area contributed by atoms with E-state index < -0.39 is 11.4 Å². The Balaban J connectivity index is 1.53. The van der Waals surface area contributed by atoms with Crippen LogP contribution in [-0.2, 0) is 4.79 Å². The number of nitrogens with one attached hydrogen (secondary N) is 1. The van der Waals surface area contributed by atoms with Crippen molar-refractivity contribution in [2.24, 2.45) is 0 Å². The van der Waals surface area contributed by atoms with Gasteiger partial charge >= 0.3 is 0 Å². The molecule has 1 aliphatic heterocycles. The third kappa shape index (κ3) is 4.27. The molecule has 10 heteroatoms. The molecule has 0 radical (unpaired) electrons. The van der Waals surface area contributed by atoms with Gasteiger partial charge in [0, 0.05) is 19.0 Å². The van der Waals surface area contributed by atoms with Crippen molar-refractivity contribution in [3.8, 4) is 29.0 Å². The number of aromatic nitrogens is 4. The van der Waals surface area contributed by atoms with Gasteiger partial charge in [0.15, 0.2) is 17.4 Å². The van der Waals surface area contributed by atoms with Gasteiger partial charge in [-0.2, -0.15) is 10.2 Å². The van der Waals surface area contributed by atoms with Gasteiger partial charge in [-0.1, -0.05) is 18.1 Å². The summed E-state index contributed by atoms with van der Waals surface area (Å²) in [6, 6.07) is 13.0. The minimum Gasteiger partial charge on any atom is -0.454 e. The molecule has 0 bridgehead atoms. The Kier molecular flexibility index (Phi) is 6.12. The Morgan fingerprint density at radius 2 is 2.00 bits per heavy atom. The predicted molar refractivity (Wildman–Crippen MR) is 132 cm³/mol. The molecular weight excluding hydrogens is 463 g/mol. The Labute approximate surface area is 205 Å². The highest BCUT2D eigenvalue weighted by molar-refractivity contribution is 5.94. The number of rotatable bonds is 4. The van der Waals surface area contributed by atoms with Gasteiger partial charge in [-0.25, -0.2) is 14.2 Å². The van der Waals surface area contributed by atoms with Crippen LogP contribution in [0.5, 0.6) is 11.5 Å². The molecule has 182 valence electrons. The van der Waals surface area contributed by atoms with E-state index in [1.165, 1.54) is 6.07 Å². The second kappa shape index (κ2) is 9.54. The fourth-order valence-corrected chi connectivity index (χ4v) is 4.47. The number of amides is 1. The molecule has 36 heavy (non-hydrogen) atoms. The lowest BCUT2D eigenvalue weighted by atomic mass is 9.93. The lowest BCUT2D eigenvalue weighted by Gasteiger charge is -2.30. The second-order valence-electron chi connectivity index (χ2n) is 8.45. The maximum absolute atomic E-state index is 14.0. The molecule has 1 atom stereocenters. The normalized spacial score (nSPS) is 15.4. The topological polar surface area (TPSA) is 119 Å². The van der Waals surface area contributed by atoms with Crippen LogP contribution in [0, 0.1) is 17.7 Å². The van der Waals surface area contributed by atoms with E-state index >= 15 is 0 Å². The fraction of sp³-hybridized carbons (Fsp3) is 0.231. The molecular formula is C26H23FN6O3. The highest BCUT2D eigenvalue weighted by Crippen LogP contribution is 2.33. The molecule has 0 unspecified atom stereocenters. The first-order valence-electron chi connectivity index (χ1n) is 11.5. The fourth-order valence-electron chi connectivity index (χ4n) is 4.47. The smallest absolute Gasteiger partial charge is 0.298 e. The summed E-state index contributed by atoms with van der Waals surface area (Å²) in [4.78, 5) is 26.9. The van der Waals surface area contributed by atoms with Gasteiger partial charge in [0.05, 0.1) is 16.8 Å². The average Bonchev–Trinajstić information content (AvgIpc) is 3.30. The molecule has 3 N–H and O–H groups in total. The van der Waals surface area contributed by atoms with Crippen molar-refractivity contribution in [3.05, 3.63) is 70.4 Å². The SMILES string of the molecule is CC#CC(=O)N1CCC[C@@H](c2nn(-c3ccc(Oc4ccccc4F)cc3)c3c(N)n[nH]c(=O)c23)C1. The molecule has 2 aromatic heterocycles. The van der Waals surface area contributed by atoms with E-state index in [-0.39, 0.29) is 23.4 Å². The second-order valence-corrected chi connectivity index (χ2v) is 8.45.